The molecular weight excluding hydrogens is 517 g/mol. The zero-order valence-electron chi connectivity index (χ0n) is 23.2. The normalized spacial score (nSPS) is 16.4. The quantitative estimate of drug-likeness (QED) is 0.221. The van der Waals surface area contributed by atoms with E-state index in [1.54, 1.807) is 0 Å². The first-order valence-corrected chi connectivity index (χ1v) is 14.7. The molecule has 1 unspecified atom stereocenters. The van der Waals surface area contributed by atoms with Crippen LogP contribution in [0.3, 0.4) is 0 Å². The highest BCUT2D eigenvalue weighted by Crippen LogP contribution is 2.49. The Kier molecular flexibility index (Phi) is 6.21. The zero-order chi connectivity index (χ0) is 27.9. The van der Waals surface area contributed by atoms with Crippen molar-refractivity contribution in [2.24, 2.45) is 0 Å². The van der Waals surface area contributed by atoms with Crippen LogP contribution in [0.2, 0.25) is 0 Å². The molecule has 1 fully saturated rings. The average Bonchev–Trinajstić information content (AvgIpc) is 3.54. The number of rotatable bonds is 5. The van der Waals surface area contributed by atoms with Gasteiger partial charge >= 0.3 is 7.32 Å². The summed E-state index contributed by atoms with van der Waals surface area (Å²) in [4.78, 5) is 0. The second-order valence-corrected chi connectivity index (χ2v) is 11.1. The molecule has 1 atom stereocenters. The van der Waals surface area contributed by atoms with E-state index in [1.807, 2.05) is 12.1 Å². The van der Waals surface area contributed by atoms with E-state index in [1.165, 1.54) is 0 Å². The Labute approximate surface area is 246 Å². The third kappa shape index (κ3) is 4.08. The Hall–Kier alpha value is -4.58. The van der Waals surface area contributed by atoms with E-state index in [-0.39, 0.29) is 6.04 Å². The Balaban J connectivity index is 1.35. The summed E-state index contributed by atoms with van der Waals surface area (Å²) in [6, 6.07) is 46.2. The van der Waals surface area contributed by atoms with Crippen LogP contribution in [-0.2, 0) is 10.3 Å². The molecule has 0 saturated carbocycles. The van der Waals surface area contributed by atoms with Crippen LogP contribution in [0, 0.1) is 0 Å². The second-order valence-electron chi connectivity index (χ2n) is 11.1. The SMILES string of the molecule is c1ccc(C(OB2Oc3ccc4ccccc4c3-c3c(ccc4ccccc34)O2)(c2ccccc2)C2CCCN2)cc1. The molecule has 4 nitrogen and oxygen atoms in total. The van der Waals surface area contributed by atoms with Gasteiger partial charge in [-0.3, -0.25) is 0 Å². The fourth-order valence-electron chi connectivity index (χ4n) is 6.84. The molecule has 2 heterocycles. The molecule has 0 bridgehead atoms. The van der Waals surface area contributed by atoms with Gasteiger partial charge in [-0.25, -0.2) is 0 Å². The minimum atomic E-state index is -1.00. The van der Waals surface area contributed by atoms with Gasteiger partial charge in [0.2, 0.25) is 0 Å². The van der Waals surface area contributed by atoms with Gasteiger partial charge < -0.3 is 19.3 Å². The van der Waals surface area contributed by atoms with Gasteiger partial charge in [-0.2, -0.15) is 0 Å². The molecule has 6 aromatic rings. The van der Waals surface area contributed by atoms with Crippen LogP contribution in [0.5, 0.6) is 11.5 Å². The molecule has 0 radical (unpaired) electrons. The largest absolute Gasteiger partial charge is 0.789 e. The van der Waals surface area contributed by atoms with E-state index >= 15 is 0 Å². The predicted molar refractivity (Wildman–Crippen MR) is 170 cm³/mol. The van der Waals surface area contributed by atoms with Gasteiger partial charge in [0.15, 0.2) is 0 Å². The summed E-state index contributed by atoms with van der Waals surface area (Å²) in [5.74, 6) is 1.48. The maximum Gasteiger partial charge on any atom is 0.789 e. The highest BCUT2D eigenvalue weighted by Gasteiger charge is 2.50. The summed E-state index contributed by atoms with van der Waals surface area (Å²) in [5.41, 5.74) is 3.32. The van der Waals surface area contributed by atoms with Gasteiger partial charge in [0, 0.05) is 17.2 Å². The summed E-state index contributed by atoms with van der Waals surface area (Å²) >= 11 is 0. The lowest BCUT2D eigenvalue weighted by atomic mass is 9.78. The Morgan fingerprint density at radius 1 is 0.595 bits per heavy atom. The lowest BCUT2D eigenvalue weighted by Crippen LogP contribution is -2.53. The first kappa shape index (κ1) is 25.2. The molecule has 1 N–H and O–H groups in total. The summed E-state index contributed by atoms with van der Waals surface area (Å²) in [7, 11) is -1.00. The summed E-state index contributed by atoms with van der Waals surface area (Å²) in [6.45, 7) is 0.936. The zero-order valence-corrected chi connectivity index (χ0v) is 23.2. The molecule has 0 aromatic heterocycles. The Morgan fingerprint density at radius 3 is 1.60 bits per heavy atom. The molecule has 204 valence electrons. The lowest BCUT2D eigenvalue weighted by Gasteiger charge is -2.41. The fourth-order valence-corrected chi connectivity index (χ4v) is 6.84. The third-order valence-corrected chi connectivity index (χ3v) is 8.72. The van der Waals surface area contributed by atoms with Gasteiger partial charge in [-0.1, -0.05) is 121 Å². The first-order chi connectivity index (χ1) is 20.8. The second kappa shape index (κ2) is 10.4. The number of nitrogens with one attached hydrogen (secondary N) is 1. The van der Waals surface area contributed by atoms with E-state index in [0.717, 1.165) is 74.7 Å². The smallest absolute Gasteiger partial charge is 0.500 e. The minimum Gasteiger partial charge on any atom is -0.500 e. The maximum absolute atomic E-state index is 7.25. The average molecular weight is 547 g/mol. The van der Waals surface area contributed by atoms with Crippen molar-refractivity contribution in [3.8, 4) is 22.6 Å². The van der Waals surface area contributed by atoms with Crippen LogP contribution in [-0.4, -0.2) is 19.9 Å². The van der Waals surface area contributed by atoms with E-state index in [9.17, 15) is 0 Å². The highest BCUT2D eigenvalue weighted by molar-refractivity contribution is 6.40. The molecule has 6 aromatic carbocycles. The number of fused-ring (bicyclic) bond motifs is 7. The van der Waals surface area contributed by atoms with Crippen LogP contribution < -0.4 is 14.6 Å². The molecule has 2 aliphatic heterocycles. The molecule has 0 aliphatic carbocycles. The van der Waals surface area contributed by atoms with Crippen molar-refractivity contribution in [2.75, 3.05) is 6.54 Å². The van der Waals surface area contributed by atoms with Crippen LogP contribution in [0.15, 0.2) is 133 Å². The minimum absolute atomic E-state index is 0.0323. The number of hydrogen-bond acceptors (Lipinski definition) is 4. The topological polar surface area (TPSA) is 39.7 Å². The van der Waals surface area contributed by atoms with Gasteiger partial charge in [0.25, 0.3) is 0 Å². The molecule has 5 heteroatoms. The van der Waals surface area contributed by atoms with Crippen molar-refractivity contribution in [2.45, 2.75) is 24.5 Å². The van der Waals surface area contributed by atoms with E-state index < -0.39 is 12.9 Å². The number of benzene rings is 6. The van der Waals surface area contributed by atoms with Crippen LogP contribution >= 0.6 is 0 Å². The van der Waals surface area contributed by atoms with Crippen LogP contribution in [0.25, 0.3) is 32.7 Å². The molecule has 42 heavy (non-hydrogen) atoms. The van der Waals surface area contributed by atoms with Crippen molar-refractivity contribution in [3.05, 3.63) is 145 Å². The Morgan fingerprint density at radius 2 is 1.10 bits per heavy atom. The highest BCUT2D eigenvalue weighted by atomic mass is 16.7. The van der Waals surface area contributed by atoms with Gasteiger partial charge in [0.1, 0.15) is 17.1 Å². The van der Waals surface area contributed by atoms with Crippen LogP contribution in [0.4, 0.5) is 0 Å². The van der Waals surface area contributed by atoms with Gasteiger partial charge in [0.05, 0.1) is 0 Å². The first-order valence-electron chi connectivity index (χ1n) is 14.7. The lowest BCUT2D eigenvalue weighted by molar-refractivity contribution is 0.0293. The van der Waals surface area contributed by atoms with Gasteiger partial charge in [-0.15, -0.1) is 0 Å². The molecule has 2 aliphatic rings. The van der Waals surface area contributed by atoms with Crippen molar-refractivity contribution >= 4 is 28.9 Å². The summed E-state index contributed by atoms with van der Waals surface area (Å²) < 4.78 is 20.8. The summed E-state index contributed by atoms with van der Waals surface area (Å²) in [6.07, 6.45) is 2.05. The standard InChI is InChI=1S/C37H30BNO3/c1-3-14-28(15-4-1)37(34-20-11-25-39-34,29-16-5-2-6-17-29)42-38-40-32-23-21-26-12-7-9-18-30(26)35(32)36-31-19-10-8-13-27(31)22-24-33(36)41-38/h1-10,12-19,21-24,34,39H,11,20,25H2. The molecule has 0 spiro atoms. The summed E-state index contributed by atoms with van der Waals surface area (Å²) in [5, 5.41) is 8.28. The molecular formula is C37H30BNO3. The Bertz CT molecular complexity index is 1760. The molecule has 0 amide bonds. The predicted octanol–water partition coefficient (Wildman–Crippen LogP) is 8.13. The third-order valence-electron chi connectivity index (χ3n) is 8.72. The van der Waals surface area contributed by atoms with E-state index in [0.29, 0.717) is 0 Å². The van der Waals surface area contributed by atoms with Crippen molar-refractivity contribution < 1.29 is 14.0 Å². The monoisotopic (exact) mass is 547 g/mol. The molecule has 8 rings (SSSR count). The van der Waals surface area contributed by atoms with Crippen molar-refractivity contribution in [1.29, 1.82) is 0 Å². The van der Waals surface area contributed by atoms with E-state index in [2.05, 4.69) is 127 Å². The fraction of sp³-hybridized carbons (Fsp3) is 0.135. The van der Waals surface area contributed by atoms with Crippen molar-refractivity contribution in [3.63, 3.8) is 0 Å². The van der Waals surface area contributed by atoms with Crippen molar-refractivity contribution in [1.82, 2.24) is 5.32 Å². The van der Waals surface area contributed by atoms with Gasteiger partial charge in [-0.05, 0) is 64.2 Å². The van der Waals surface area contributed by atoms with E-state index in [4.69, 9.17) is 14.0 Å². The molecule has 1 saturated heterocycles. The van der Waals surface area contributed by atoms with Crippen LogP contribution in [0.1, 0.15) is 24.0 Å². The maximum atomic E-state index is 7.25. The number of hydrogen-bond donors (Lipinski definition) is 1.